The van der Waals surface area contributed by atoms with Gasteiger partial charge in [-0.15, -0.1) is 0 Å². The molecule has 4 nitrogen and oxygen atoms in total. The molecule has 0 aliphatic heterocycles. The summed E-state index contributed by atoms with van der Waals surface area (Å²) in [7, 11) is 0. The average Bonchev–Trinajstić information content (AvgIpc) is 2.80. The van der Waals surface area contributed by atoms with Crippen molar-refractivity contribution < 1.29 is 9.15 Å². The highest BCUT2D eigenvalue weighted by Gasteiger charge is 2.16. The van der Waals surface area contributed by atoms with Gasteiger partial charge >= 0.3 is 0 Å². The van der Waals surface area contributed by atoms with Gasteiger partial charge in [0.1, 0.15) is 11.8 Å². The lowest BCUT2D eigenvalue weighted by Gasteiger charge is -2.12. The third-order valence-electron chi connectivity index (χ3n) is 2.69. The first kappa shape index (κ1) is 13.4. The van der Waals surface area contributed by atoms with E-state index in [0.717, 1.165) is 17.6 Å². The van der Waals surface area contributed by atoms with Crippen molar-refractivity contribution in [2.24, 2.45) is 5.84 Å². The Morgan fingerprint density at radius 1 is 1.50 bits per heavy atom. The molecule has 0 spiro atoms. The second-order valence-corrected chi connectivity index (χ2v) is 4.51. The van der Waals surface area contributed by atoms with Gasteiger partial charge in [0.05, 0.1) is 11.6 Å². The van der Waals surface area contributed by atoms with Crippen LogP contribution in [0.25, 0.3) is 11.0 Å². The lowest BCUT2D eigenvalue weighted by molar-refractivity contribution is 0.106. The van der Waals surface area contributed by atoms with Gasteiger partial charge in [-0.25, -0.2) is 5.43 Å². The summed E-state index contributed by atoms with van der Waals surface area (Å²) in [5.74, 6) is 6.26. The van der Waals surface area contributed by atoms with Gasteiger partial charge in [-0.2, -0.15) is 0 Å². The SMILES string of the molecule is CCCOCC(NN)c1cc2cccc(Cl)c2o1. The van der Waals surface area contributed by atoms with E-state index in [0.29, 0.717) is 23.8 Å². The fourth-order valence-corrected chi connectivity index (χ4v) is 2.00. The van der Waals surface area contributed by atoms with Crippen LogP contribution in [0.2, 0.25) is 5.02 Å². The number of hydrogen-bond acceptors (Lipinski definition) is 4. The van der Waals surface area contributed by atoms with Crippen LogP contribution in [0.3, 0.4) is 0 Å². The van der Waals surface area contributed by atoms with Crippen molar-refractivity contribution in [1.29, 1.82) is 0 Å². The maximum Gasteiger partial charge on any atom is 0.152 e. The molecule has 18 heavy (non-hydrogen) atoms. The molecule has 0 aliphatic carbocycles. The van der Waals surface area contributed by atoms with Gasteiger partial charge in [0.15, 0.2) is 5.58 Å². The molecule has 2 aromatic rings. The number of nitrogens with one attached hydrogen (secondary N) is 1. The molecule has 1 heterocycles. The first-order valence-electron chi connectivity index (χ1n) is 5.98. The molecule has 1 aromatic heterocycles. The first-order valence-corrected chi connectivity index (χ1v) is 6.36. The summed E-state index contributed by atoms with van der Waals surface area (Å²) >= 11 is 6.07. The smallest absolute Gasteiger partial charge is 0.152 e. The quantitative estimate of drug-likeness (QED) is 0.480. The molecule has 98 valence electrons. The summed E-state index contributed by atoms with van der Waals surface area (Å²) in [6.45, 7) is 3.24. The molecule has 0 aliphatic rings. The molecular formula is C13H17ClN2O2. The normalized spacial score (nSPS) is 13.1. The van der Waals surface area contributed by atoms with Gasteiger partial charge in [-0.05, 0) is 18.6 Å². The standard InChI is InChI=1S/C13H17ClN2O2/c1-2-6-17-8-11(16-15)12-7-9-4-3-5-10(14)13(9)18-12/h3-5,7,11,16H,2,6,8,15H2,1H3. The topological polar surface area (TPSA) is 60.4 Å². The van der Waals surface area contributed by atoms with Crippen LogP contribution in [-0.4, -0.2) is 13.2 Å². The van der Waals surface area contributed by atoms with E-state index < -0.39 is 0 Å². The molecule has 0 fully saturated rings. The van der Waals surface area contributed by atoms with Crippen LogP contribution in [0.4, 0.5) is 0 Å². The van der Waals surface area contributed by atoms with Crippen molar-refractivity contribution in [3.05, 3.63) is 35.0 Å². The molecule has 3 N–H and O–H groups in total. The minimum absolute atomic E-state index is 0.167. The predicted molar refractivity (Wildman–Crippen MR) is 72.4 cm³/mol. The Morgan fingerprint density at radius 3 is 3.00 bits per heavy atom. The van der Waals surface area contributed by atoms with Gasteiger partial charge in [0.25, 0.3) is 0 Å². The molecule has 1 unspecified atom stereocenters. The molecule has 1 aromatic carbocycles. The number of hydrogen-bond donors (Lipinski definition) is 2. The molecule has 0 bridgehead atoms. The van der Waals surface area contributed by atoms with Crippen LogP contribution >= 0.6 is 11.6 Å². The monoisotopic (exact) mass is 268 g/mol. The zero-order valence-corrected chi connectivity index (χ0v) is 11.0. The van der Waals surface area contributed by atoms with E-state index in [-0.39, 0.29) is 6.04 Å². The molecule has 0 amide bonds. The van der Waals surface area contributed by atoms with Gasteiger partial charge < -0.3 is 9.15 Å². The largest absolute Gasteiger partial charge is 0.458 e. The highest BCUT2D eigenvalue weighted by atomic mass is 35.5. The fourth-order valence-electron chi connectivity index (χ4n) is 1.78. The third kappa shape index (κ3) is 2.84. The minimum atomic E-state index is -0.167. The summed E-state index contributed by atoms with van der Waals surface area (Å²) < 4.78 is 11.2. The van der Waals surface area contributed by atoms with Crippen molar-refractivity contribution in [3.63, 3.8) is 0 Å². The van der Waals surface area contributed by atoms with Gasteiger partial charge in [-0.1, -0.05) is 30.7 Å². The number of rotatable bonds is 6. The van der Waals surface area contributed by atoms with E-state index in [9.17, 15) is 0 Å². The van der Waals surface area contributed by atoms with Crippen LogP contribution in [-0.2, 0) is 4.74 Å². The summed E-state index contributed by atoms with van der Waals surface area (Å²) in [6, 6.07) is 7.41. The molecule has 0 saturated carbocycles. The first-order chi connectivity index (χ1) is 8.76. The van der Waals surface area contributed by atoms with Gasteiger partial charge in [0, 0.05) is 12.0 Å². The van der Waals surface area contributed by atoms with Crippen molar-refractivity contribution in [2.45, 2.75) is 19.4 Å². The maximum atomic E-state index is 6.07. The van der Waals surface area contributed by atoms with Crippen LogP contribution in [0.1, 0.15) is 25.1 Å². The Balaban J connectivity index is 2.20. The minimum Gasteiger partial charge on any atom is -0.458 e. The Hall–Kier alpha value is -1.07. The van der Waals surface area contributed by atoms with Crippen molar-refractivity contribution in [1.82, 2.24) is 5.43 Å². The van der Waals surface area contributed by atoms with Crippen LogP contribution < -0.4 is 11.3 Å². The molecule has 0 saturated heterocycles. The predicted octanol–water partition coefficient (Wildman–Crippen LogP) is 3.02. The molecular weight excluding hydrogens is 252 g/mol. The van der Waals surface area contributed by atoms with E-state index in [1.165, 1.54) is 0 Å². The summed E-state index contributed by atoms with van der Waals surface area (Å²) in [5.41, 5.74) is 3.38. The van der Waals surface area contributed by atoms with Crippen LogP contribution in [0.15, 0.2) is 28.7 Å². The van der Waals surface area contributed by atoms with E-state index >= 15 is 0 Å². The highest BCUT2D eigenvalue weighted by Crippen LogP contribution is 2.29. The fraction of sp³-hybridized carbons (Fsp3) is 0.385. The van der Waals surface area contributed by atoms with Crippen molar-refractivity contribution in [2.75, 3.05) is 13.2 Å². The lowest BCUT2D eigenvalue weighted by Crippen LogP contribution is -2.31. The van der Waals surface area contributed by atoms with E-state index in [1.54, 1.807) is 6.07 Å². The Morgan fingerprint density at radius 2 is 2.33 bits per heavy atom. The highest BCUT2D eigenvalue weighted by molar-refractivity contribution is 6.34. The van der Waals surface area contributed by atoms with E-state index in [2.05, 4.69) is 12.3 Å². The Kier molecular flexibility index (Phi) is 4.60. The number of para-hydroxylation sites is 1. The summed E-state index contributed by atoms with van der Waals surface area (Å²) in [5, 5.41) is 1.57. The molecule has 2 rings (SSSR count). The Bertz CT molecular complexity index is 513. The molecule has 0 radical (unpaired) electrons. The van der Waals surface area contributed by atoms with E-state index in [1.807, 2.05) is 18.2 Å². The van der Waals surface area contributed by atoms with Crippen molar-refractivity contribution in [3.8, 4) is 0 Å². The maximum absolute atomic E-state index is 6.07. The molecule has 1 atom stereocenters. The Labute approximate surface area is 111 Å². The van der Waals surface area contributed by atoms with Crippen LogP contribution in [0.5, 0.6) is 0 Å². The number of ether oxygens (including phenoxy) is 1. The lowest BCUT2D eigenvalue weighted by atomic mass is 10.2. The van der Waals surface area contributed by atoms with Gasteiger partial charge in [0.2, 0.25) is 0 Å². The second-order valence-electron chi connectivity index (χ2n) is 4.10. The van der Waals surface area contributed by atoms with Crippen molar-refractivity contribution >= 4 is 22.6 Å². The van der Waals surface area contributed by atoms with Gasteiger partial charge in [-0.3, -0.25) is 5.84 Å². The number of nitrogens with two attached hydrogens (primary N) is 1. The number of hydrazine groups is 1. The average molecular weight is 269 g/mol. The molecule has 5 heteroatoms. The zero-order valence-electron chi connectivity index (χ0n) is 10.3. The number of halogens is 1. The number of fused-ring (bicyclic) bond motifs is 1. The van der Waals surface area contributed by atoms with E-state index in [4.69, 9.17) is 26.6 Å². The summed E-state index contributed by atoms with van der Waals surface area (Å²) in [6.07, 6.45) is 0.975. The zero-order chi connectivity index (χ0) is 13.0. The summed E-state index contributed by atoms with van der Waals surface area (Å²) in [4.78, 5) is 0. The number of benzene rings is 1. The second kappa shape index (κ2) is 6.20. The number of furan rings is 1. The third-order valence-corrected chi connectivity index (χ3v) is 2.99. The van der Waals surface area contributed by atoms with Crippen LogP contribution in [0, 0.1) is 0 Å².